The van der Waals surface area contributed by atoms with Gasteiger partial charge in [-0.3, -0.25) is 10.1 Å². The van der Waals surface area contributed by atoms with E-state index in [2.05, 4.69) is 10.4 Å². The molecule has 1 aromatic rings. The highest BCUT2D eigenvalue weighted by Gasteiger charge is 2.28. The van der Waals surface area contributed by atoms with Gasteiger partial charge in [0.2, 0.25) is 5.82 Å². The highest BCUT2D eigenvalue weighted by Crippen LogP contribution is 2.29. The second-order valence-electron chi connectivity index (χ2n) is 4.65. The van der Waals surface area contributed by atoms with E-state index in [-0.39, 0.29) is 17.8 Å². The van der Waals surface area contributed by atoms with Gasteiger partial charge in [0, 0.05) is 13.7 Å². The van der Waals surface area contributed by atoms with E-state index in [0.717, 1.165) is 19.4 Å². The number of nitrogens with zero attached hydrogens (tertiary/aromatic N) is 3. The number of nitrogens with one attached hydrogen (secondary N) is 1. The predicted octanol–water partition coefficient (Wildman–Crippen LogP) is 1.62. The first-order valence-electron chi connectivity index (χ1n) is 6.07. The van der Waals surface area contributed by atoms with Crippen LogP contribution in [0.5, 0.6) is 0 Å². The molecule has 1 aromatic heterocycles. The number of hydrogen-bond acceptors (Lipinski definition) is 5. The van der Waals surface area contributed by atoms with Gasteiger partial charge in [0.05, 0.1) is 17.1 Å². The van der Waals surface area contributed by atoms with Crippen molar-refractivity contribution in [3.05, 3.63) is 15.8 Å². The summed E-state index contributed by atoms with van der Waals surface area (Å²) in [6.45, 7) is 4.38. The Bertz CT molecular complexity index is 451. The fourth-order valence-electron chi connectivity index (χ4n) is 2.33. The van der Waals surface area contributed by atoms with Crippen LogP contribution in [0.3, 0.4) is 0 Å². The summed E-state index contributed by atoms with van der Waals surface area (Å²) in [5.74, 6) is 0.445. The number of nitro groups is 1. The lowest BCUT2D eigenvalue weighted by Gasteiger charge is -2.20. The van der Waals surface area contributed by atoms with Crippen LogP contribution in [0.1, 0.15) is 25.5 Å². The van der Waals surface area contributed by atoms with Crippen molar-refractivity contribution in [2.24, 2.45) is 7.05 Å². The first kappa shape index (κ1) is 12.8. The largest absolute Gasteiger partial charge is 0.376 e. The Morgan fingerprint density at radius 2 is 2.39 bits per heavy atom. The number of hydrogen-bond donors (Lipinski definition) is 1. The van der Waals surface area contributed by atoms with Crippen LogP contribution in [0.25, 0.3) is 0 Å². The maximum Gasteiger partial charge on any atom is 0.333 e. The summed E-state index contributed by atoms with van der Waals surface area (Å²) in [5, 5.41) is 18.3. The van der Waals surface area contributed by atoms with Gasteiger partial charge in [0.1, 0.15) is 5.69 Å². The lowest BCUT2D eigenvalue weighted by Crippen LogP contribution is -2.31. The fourth-order valence-corrected chi connectivity index (χ4v) is 2.33. The molecule has 1 saturated heterocycles. The minimum atomic E-state index is -0.396. The topological polar surface area (TPSA) is 82.2 Å². The smallest absolute Gasteiger partial charge is 0.333 e. The molecule has 2 unspecified atom stereocenters. The Balaban J connectivity index is 2.20. The highest BCUT2D eigenvalue weighted by molar-refractivity contribution is 5.59. The van der Waals surface area contributed by atoms with Gasteiger partial charge < -0.3 is 10.1 Å². The maximum absolute atomic E-state index is 11.0. The van der Waals surface area contributed by atoms with Gasteiger partial charge in [0.25, 0.3) is 0 Å². The Morgan fingerprint density at radius 3 is 2.94 bits per heavy atom. The van der Waals surface area contributed by atoms with Crippen LogP contribution in [-0.2, 0) is 11.8 Å². The molecule has 7 heteroatoms. The molecule has 0 radical (unpaired) electrons. The fraction of sp³-hybridized carbons (Fsp3) is 0.727. The van der Waals surface area contributed by atoms with Crippen molar-refractivity contribution in [2.45, 2.75) is 38.8 Å². The molecule has 0 amide bonds. The average molecular weight is 254 g/mol. The molecule has 2 atom stereocenters. The molecule has 2 rings (SSSR count). The van der Waals surface area contributed by atoms with E-state index in [9.17, 15) is 10.1 Å². The van der Waals surface area contributed by atoms with Crippen LogP contribution in [0.15, 0.2) is 0 Å². The van der Waals surface area contributed by atoms with E-state index in [0.29, 0.717) is 11.5 Å². The van der Waals surface area contributed by atoms with Crippen molar-refractivity contribution in [3.63, 3.8) is 0 Å². The molecular formula is C11H18N4O3. The number of aromatic nitrogens is 2. The molecule has 1 aliphatic heterocycles. The van der Waals surface area contributed by atoms with Crippen LogP contribution in [0.2, 0.25) is 0 Å². The van der Waals surface area contributed by atoms with E-state index in [4.69, 9.17) is 4.74 Å². The van der Waals surface area contributed by atoms with Crippen LogP contribution in [0.4, 0.5) is 11.5 Å². The van der Waals surface area contributed by atoms with Gasteiger partial charge in [-0.2, -0.15) is 5.10 Å². The first-order chi connectivity index (χ1) is 8.50. The zero-order chi connectivity index (χ0) is 13.3. The Hall–Kier alpha value is -1.63. The maximum atomic E-state index is 11.0. The molecule has 2 heterocycles. The molecular weight excluding hydrogens is 236 g/mol. The van der Waals surface area contributed by atoms with Gasteiger partial charge in [-0.15, -0.1) is 0 Å². The molecule has 18 heavy (non-hydrogen) atoms. The normalized spacial score (nSPS) is 20.9. The second kappa shape index (κ2) is 4.93. The van der Waals surface area contributed by atoms with Crippen molar-refractivity contribution in [2.75, 3.05) is 11.9 Å². The van der Waals surface area contributed by atoms with Crippen molar-refractivity contribution in [1.82, 2.24) is 9.78 Å². The summed E-state index contributed by atoms with van der Waals surface area (Å²) in [6, 6.07) is 0.0287. The third kappa shape index (κ3) is 2.31. The zero-order valence-electron chi connectivity index (χ0n) is 10.8. The van der Waals surface area contributed by atoms with Gasteiger partial charge in [-0.25, -0.2) is 4.68 Å². The average Bonchev–Trinajstić information content (AvgIpc) is 2.87. The monoisotopic (exact) mass is 254 g/mol. The quantitative estimate of drug-likeness (QED) is 0.652. The molecule has 0 aliphatic carbocycles. The summed E-state index contributed by atoms with van der Waals surface area (Å²) >= 11 is 0. The molecule has 0 aromatic carbocycles. The summed E-state index contributed by atoms with van der Waals surface area (Å²) < 4.78 is 7.08. The van der Waals surface area contributed by atoms with Crippen molar-refractivity contribution in [3.8, 4) is 0 Å². The van der Waals surface area contributed by atoms with E-state index < -0.39 is 4.92 Å². The van der Waals surface area contributed by atoms with E-state index in [1.54, 1.807) is 14.0 Å². The van der Waals surface area contributed by atoms with Crippen molar-refractivity contribution >= 4 is 11.5 Å². The lowest BCUT2D eigenvalue weighted by molar-refractivity contribution is -0.384. The molecule has 0 bridgehead atoms. The Labute approximate surface area is 105 Å². The van der Waals surface area contributed by atoms with Gasteiger partial charge >= 0.3 is 5.69 Å². The van der Waals surface area contributed by atoms with Gasteiger partial charge in [-0.05, 0) is 26.7 Å². The predicted molar refractivity (Wildman–Crippen MR) is 66.7 cm³/mol. The standard InChI is InChI=1S/C11H18N4O3/c1-7(9-5-4-6-18-9)12-11-10(15(16)17)8(2)13-14(11)3/h7,9,12H,4-6H2,1-3H3. The molecule has 0 saturated carbocycles. The van der Waals surface area contributed by atoms with Crippen LogP contribution in [0, 0.1) is 17.0 Å². The molecule has 100 valence electrons. The summed E-state index contributed by atoms with van der Waals surface area (Å²) in [7, 11) is 1.70. The minimum Gasteiger partial charge on any atom is -0.376 e. The third-order valence-electron chi connectivity index (χ3n) is 3.26. The van der Waals surface area contributed by atoms with Crippen LogP contribution in [-0.4, -0.2) is 33.5 Å². The third-order valence-corrected chi connectivity index (χ3v) is 3.26. The van der Waals surface area contributed by atoms with E-state index in [1.165, 1.54) is 4.68 Å². The Morgan fingerprint density at radius 1 is 1.67 bits per heavy atom. The molecule has 1 N–H and O–H groups in total. The second-order valence-corrected chi connectivity index (χ2v) is 4.65. The lowest BCUT2D eigenvalue weighted by atomic mass is 10.1. The molecule has 1 aliphatic rings. The SMILES string of the molecule is Cc1nn(C)c(NC(C)C2CCCO2)c1[N+](=O)[O-]. The number of anilines is 1. The number of aryl methyl sites for hydroxylation is 2. The number of rotatable bonds is 4. The van der Waals surface area contributed by atoms with Crippen LogP contribution >= 0.6 is 0 Å². The summed E-state index contributed by atoms with van der Waals surface area (Å²) in [4.78, 5) is 10.6. The molecule has 1 fully saturated rings. The minimum absolute atomic E-state index is 0.0287. The van der Waals surface area contributed by atoms with Crippen molar-refractivity contribution in [1.29, 1.82) is 0 Å². The Kier molecular flexibility index (Phi) is 3.51. The van der Waals surface area contributed by atoms with Crippen molar-refractivity contribution < 1.29 is 9.66 Å². The zero-order valence-corrected chi connectivity index (χ0v) is 10.8. The van der Waals surface area contributed by atoms with Crippen LogP contribution < -0.4 is 5.32 Å². The highest BCUT2D eigenvalue weighted by atomic mass is 16.6. The van der Waals surface area contributed by atoms with Gasteiger partial charge in [0.15, 0.2) is 0 Å². The summed E-state index contributed by atoms with van der Waals surface area (Å²) in [5.41, 5.74) is 0.465. The van der Waals surface area contributed by atoms with E-state index in [1.807, 2.05) is 6.92 Å². The molecule has 7 nitrogen and oxygen atoms in total. The van der Waals surface area contributed by atoms with E-state index >= 15 is 0 Å². The molecule has 0 spiro atoms. The first-order valence-corrected chi connectivity index (χ1v) is 6.07. The van der Waals surface area contributed by atoms with Gasteiger partial charge in [-0.1, -0.05) is 0 Å². The number of ether oxygens (including phenoxy) is 1. The summed E-state index contributed by atoms with van der Waals surface area (Å²) in [6.07, 6.45) is 2.14.